The second-order valence-electron chi connectivity index (χ2n) is 5.34. The van der Waals surface area contributed by atoms with Gasteiger partial charge in [-0.15, -0.1) is 11.3 Å². The summed E-state index contributed by atoms with van der Waals surface area (Å²) in [5.74, 6) is -0.337. The fourth-order valence-electron chi connectivity index (χ4n) is 2.19. The number of nitrogens with zero attached hydrogens (tertiary/aromatic N) is 2. The smallest absolute Gasteiger partial charge is 0.290 e. The van der Waals surface area contributed by atoms with Crippen molar-refractivity contribution in [2.75, 3.05) is 11.1 Å². The second-order valence-corrected chi connectivity index (χ2v) is 6.29. The number of amides is 1. The van der Waals surface area contributed by atoms with Crippen LogP contribution in [0.4, 0.5) is 11.4 Å². The molecule has 1 amide bonds. The van der Waals surface area contributed by atoms with Crippen LogP contribution in [0.2, 0.25) is 0 Å². The van der Waals surface area contributed by atoms with Crippen molar-refractivity contribution < 1.29 is 4.79 Å². The van der Waals surface area contributed by atoms with Gasteiger partial charge in [-0.05, 0) is 36.6 Å². The first kappa shape index (κ1) is 15.9. The molecule has 0 spiro atoms. The van der Waals surface area contributed by atoms with Crippen molar-refractivity contribution >= 4 is 28.6 Å². The standard InChI is InChI=1S/C17H16N4O2S/c1-11-4-6-12(7-5-11)19-16(22)10-21-17(23)13(18)9-14(20-21)15-3-2-8-24-15/h2-9H,10,18H2,1H3,(H,19,22). The minimum atomic E-state index is -0.477. The monoisotopic (exact) mass is 340 g/mol. The predicted octanol–water partition coefficient (Wildman–Crippen LogP) is 2.50. The summed E-state index contributed by atoms with van der Waals surface area (Å²) < 4.78 is 1.09. The summed E-state index contributed by atoms with van der Waals surface area (Å²) >= 11 is 1.49. The Bertz CT molecular complexity index is 915. The number of carbonyl (C=O) groups excluding carboxylic acids is 1. The van der Waals surface area contributed by atoms with Gasteiger partial charge in [-0.3, -0.25) is 9.59 Å². The molecule has 3 N–H and O–H groups in total. The topological polar surface area (TPSA) is 90.0 Å². The summed E-state index contributed by atoms with van der Waals surface area (Å²) in [4.78, 5) is 25.2. The van der Waals surface area contributed by atoms with Crippen LogP contribution in [-0.4, -0.2) is 15.7 Å². The molecule has 7 heteroatoms. The maximum absolute atomic E-state index is 12.2. The van der Waals surface area contributed by atoms with E-state index in [1.807, 2.05) is 36.6 Å². The number of nitrogens with two attached hydrogens (primary N) is 1. The zero-order valence-electron chi connectivity index (χ0n) is 13.0. The molecule has 1 aromatic carbocycles. The van der Waals surface area contributed by atoms with Crippen LogP contribution in [0.25, 0.3) is 10.6 Å². The number of aromatic nitrogens is 2. The van der Waals surface area contributed by atoms with E-state index in [0.717, 1.165) is 15.1 Å². The number of thiophene rings is 1. The zero-order chi connectivity index (χ0) is 17.1. The molecule has 0 fully saturated rings. The molecule has 0 aliphatic rings. The average molecular weight is 340 g/mol. The zero-order valence-corrected chi connectivity index (χ0v) is 13.8. The average Bonchev–Trinajstić information content (AvgIpc) is 3.08. The van der Waals surface area contributed by atoms with Crippen molar-refractivity contribution in [3.05, 3.63) is 63.8 Å². The highest BCUT2D eigenvalue weighted by molar-refractivity contribution is 7.13. The van der Waals surface area contributed by atoms with Gasteiger partial charge in [0.25, 0.3) is 5.56 Å². The summed E-state index contributed by atoms with van der Waals surface area (Å²) in [6.45, 7) is 1.77. The number of anilines is 2. The van der Waals surface area contributed by atoms with Crippen molar-refractivity contribution in [2.45, 2.75) is 13.5 Å². The third-order valence-corrected chi connectivity index (χ3v) is 4.30. The Morgan fingerprint density at radius 3 is 2.71 bits per heavy atom. The molecule has 122 valence electrons. The number of hydrogen-bond acceptors (Lipinski definition) is 5. The molecule has 2 heterocycles. The van der Waals surface area contributed by atoms with Crippen molar-refractivity contribution in [2.24, 2.45) is 0 Å². The van der Waals surface area contributed by atoms with Gasteiger partial charge in [0, 0.05) is 5.69 Å². The number of aryl methyl sites for hydroxylation is 1. The van der Waals surface area contributed by atoms with Crippen LogP contribution in [0.1, 0.15) is 5.56 Å². The third kappa shape index (κ3) is 3.52. The maximum atomic E-state index is 12.2. The van der Waals surface area contributed by atoms with E-state index < -0.39 is 5.56 Å². The number of nitrogens with one attached hydrogen (secondary N) is 1. The molecular weight excluding hydrogens is 324 g/mol. The Kier molecular flexibility index (Phi) is 4.43. The second kappa shape index (κ2) is 6.67. The lowest BCUT2D eigenvalue weighted by atomic mass is 10.2. The van der Waals surface area contributed by atoms with Crippen LogP contribution in [-0.2, 0) is 11.3 Å². The first-order valence-corrected chi connectivity index (χ1v) is 8.19. The molecule has 0 aliphatic carbocycles. The van der Waals surface area contributed by atoms with Gasteiger partial charge >= 0.3 is 0 Å². The molecule has 0 unspecified atom stereocenters. The van der Waals surface area contributed by atoms with Crippen LogP contribution in [0.15, 0.2) is 52.6 Å². The molecule has 0 bridgehead atoms. The molecular formula is C17H16N4O2S. The van der Waals surface area contributed by atoms with Gasteiger partial charge in [-0.25, -0.2) is 4.68 Å². The first-order chi connectivity index (χ1) is 11.5. The lowest BCUT2D eigenvalue weighted by Crippen LogP contribution is -2.31. The van der Waals surface area contributed by atoms with Gasteiger partial charge in [0.1, 0.15) is 17.9 Å². The van der Waals surface area contributed by atoms with E-state index in [0.29, 0.717) is 11.4 Å². The third-order valence-electron chi connectivity index (χ3n) is 3.40. The van der Waals surface area contributed by atoms with Crippen molar-refractivity contribution in [1.82, 2.24) is 9.78 Å². The summed E-state index contributed by atoms with van der Waals surface area (Å²) in [5.41, 5.74) is 7.70. The number of rotatable bonds is 4. The Hall–Kier alpha value is -2.93. The Labute approximate surface area is 142 Å². The number of hydrogen-bond donors (Lipinski definition) is 2. The fraction of sp³-hybridized carbons (Fsp3) is 0.118. The summed E-state index contributed by atoms with van der Waals surface area (Å²) in [6.07, 6.45) is 0. The lowest BCUT2D eigenvalue weighted by Gasteiger charge is -2.09. The Balaban J connectivity index is 1.82. The van der Waals surface area contributed by atoms with Crippen molar-refractivity contribution in [3.8, 4) is 10.6 Å². The molecule has 6 nitrogen and oxygen atoms in total. The molecule has 3 aromatic rings. The number of benzene rings is 1. The van der Waals surface area contributed by atoms with Crippen LogP contribution >= 0.6 is 11.3 Å². The van der Waals surface area contributed by atoms with Gasteiger partial charge in [-0.2, -0.15) is 5.10 Å². The Morgan fingerprint density at radius 1 is 1.29 bits per heavy atom. The van der Waals surface area contributed by atoms with Crippen molar-refractivity contribution in [1.29, 1.82) is 0 Å². The highest BCUT2D eigenvalue weighted by atomic mass is 32.1. The normalized spacial score (nSPS) is 10.5. The van der Waals surface area contributed by atoms with E-state index in [4.69, 9.17) is 5.73 Å². The Morgan fingerprint density at radius 2 is 2.04 bits per heavy atom. The first-order valence-electron chi connectivity index (χ1n) is 7.31. The van der Waals surface area contributed by atoms with Crippen LogP contribution in [0, 0.1) is 6.92 Å². The summed E-state index contributed by atoms with van der Waals surface area (Å²) in [5, 5.41) is 8.90. The molecule has 3 rings (SSSR count). The lowest BCUT2D eigenvalue weighted by molar-refractivity contribution is -0.117. The molecule has 0 atom stereocenters. The summed E-state index contributed by atoms with van der Waals surface area (Å²) in [7, 11) is 0. The number of carbonyl (C=O) groups is 1. The molecule has 2 aromatic heterocycles. The van der Waals surface area contributed by atoms with E-state index in [-0.39, 0.29) is 18.1 Å². The quantitative estimate of drug-likeness (QED) is 0.763. The maximum Gasteiger partial charge on any atom is 0.290 e. The van der Waals surface area contributed by atoms with E-state index in [9.17, 15) is 9.59 Å². The fourth-order valence-corrected chi connectivity index (χ4v) is 2.87. The molecule has 0 saturated carbocycles. The SMILES string of the molecule is Cc1ccc(NC(=O)Cn2nc(-c3cccs3)cc(N)c2=O)cc1. The van der Waals surface area contributed by atoms with Gasteiger partial charge < -0.3 is 11.1 Å². The van der Waals surface area contributed by atoms with E-state index in [2.05, 4.69) is 10.4 Å². The van der Waals surface area contributed by atoms with Gasteiger partial charge in [0.15, 0.2) is 0 Å². The van der Waals surface area contributed by atoms with Crippen LogP contribution in [0.5, 0.6) is 0 Å². The minimum absolute atomic E-state index is 0.0662. The van der Waals surface area contributed by atoms with E-state index >= 15 is 0 Å². The van der Waals surface area contributed by atoms with Gasteiger partial charge in [0.05, 0.1) is 4.88 Å². The van der Waals surface area contributed by atoms with E-state index in [1.54, 1.807) is 12.1 Å². The summed E-state index contributed by atoms with van der Waals surface area (Å²) in [6, 6.07) is 12.7. The van der Waals surface area contributed by atoms with Crippen LogP contribution in [0.3, 0.4) is 0 Å². The molecule has 0 aliphatic heterocycles. The van der Waals surface area contributed by atoms with E-state index in [1.165, 1.54) is 17.4 Å². The molecule has 24 heavy (non-hydrogen) atoms. The molecule has 0 radical (unpaired) electrons. The number of nitrogen functional groups attached to an aromatic ring is 1. The van der Waals surface area contributed by atoms with Gasteiger partial charge in [-0.1, -0.05) is 23.8 Å². The minimum Gasteiger partial charge on any atom is -0.394 e. The van der Waals surface area contributed by atoms with Crippen LogP contribution < -0.4 is 16.6 Å². The van der Waals surface area contributed by atoms with Crippen molar-refractivity contribution in [3.63, 3.8) is 0 Å². The largest absolute Gasteiger partial charge is 0.394 e. The predicted molar refractivity (Wildman–Crippen MR) is 96.0 cm³/mol. The molecule has 0 saturated heterocycles. The highest BCUT2D eigenvalue weighted by Gasteiger charge is 2.12. The van der Waals surface area contributed by atoms with Gasteiger partial charge in [0.2, 0.25) is 5.91 Å². The highest BCUT2D eigenvalue weighted by Crippen LogP contribution is 2.22.